The van der Waals surface area contributed by atoms with E-state index in [1.54, 1.807) is 0 Å². The van der Waals surface area contributed by atoms with E-state index < -0.39 is 0 Å². The van der Waals surface area contributed by atoms with Gasteiger partial charge in [0.15, 0.2) is 0 Å². The summed E-state index contributed by atoms with van der Waals surface area (Å²) >= 11 is 0. The molecular formula is C16H29N3O. The molecule has 2 fully saturated rings. The molecule has 0 aromatic rings. The van der Waals surface area contributed by atoms with E-state index in [4.69, 9.17) is 4.74 Å². The molecule has 2 aliphatic rings. The Hall–Kier alpha value is -0.630. The Labute approximate surface area is 123 Å². The number of hydrogen-bond donors (Lipinski definition) is 1. The second-order valence-corrected chi connectivity index (χ2v) is 6.34. The van der Waals surface area contributed by atoms with Gasteiger partial charge in [-0.2, -0.15) is 5.26 Å². The van der Waals surface area contributed by atoms with Gasteiger partial charge in [0.05, 0.1) is 12.2 Å². The van der Waals surface area contributed by atoms with Gasteiger partial charge in [-0.15, -0.1) is 0 Å². The summed E-state index contributed by atoms with van der Waals surface area (Å²) in [6.07, 6.45) is 8.20. The molecule has 0 aromatic carbocycles. The lowest BCUT2D eigenvalue weighted by molar-refractivity contribution is 0.0151. The zero-order valence-electron chi connectivity index (χ0n) is 13.0. The lowest BCUT2D eigenvalue weighted by Gasteiger charge is -2.44. The van der Waals surface area contributed by atoms with Crippen molar-refractivity contribution in [1.29, 1.82) is 5.26 Å². The van der Waals surface area contributed by atoms with Crippen LogP contribution in [0.2, 0.25) is 0 Å². The second kappa shape index (κ2) is 7.40. The molecule has 4 nitrogen and oxygen atoms in total. The van der Waals surface area contributed by atoms with E-state index in [0.29, 0.717) is 12.1 Å². The summed E-state index contributed by atoms with van der Waals surface area (Å²) in [5, 5.41) is 13.1. The highest BCUT2D eigenvalue weighted by Gasteiger charge is 2.38. The largest absolute Gasteiger partial charge is 0.381 e. The molecular weight excluding hydrogens is 250 g/mol. The van der Waals surface area contributed by atoms with E-state index in [9.17, 15) is 5.26 Å². The highest BCUT2D eigenvalue weighted by Crippen LogP contribution is 2.32. The molecule has 0 bridgehead atoms. The fourth-order valence-corrected chi connectivity index (χ4v) is 3.70. The standard InChI is InChI=1S/C16H29N3O/c1-3-9-18-16(13-17)8-4-5-14(12-16)19-10-6-15(20-2)7-11-19/h14-15,18H,3-12H2,1-2H3. The second-order valence-electron chi connectivity index (χ2n) is 6.34. The van der Waals surface area contributed by atoms with Crippen LogP contribution in [-0.2, 0) is 4.74 Å². The van der Waals surface area contributed by atoms with E-state index in [1.807, 2.05) is 7.11 Å². The van der Waals surface area contributed by atoms with Crippen molar-refractivity contribution in [3.63, 3.8) is 0 Å². The molecule has 2 unspecified atom stereocenters. The maximum absolute atomic E-state index is 9.61. The van der Waals surface area contributed by atoms with Crippen molar-refractivity contribution in [1.82, 2.24) is 10.2 Å². The van der Waals surface area contributed by atoms with Gasteiger partial charge in [0.25, 0.3) is 0 Å². The Bertz CT molecular complexity index is 333. The Kier molecular flexibility index (Phi) is 5.83. The number of methoxy groups -OCH3 is 1. The van der Waals surface area contributed by atoms with Gasteiger partial charge >= 0.3 is 0 Å². The molecule has 0 amide bonds. The minimum absolute atomic E-state index is 0.281. The van der Waals surface area contributed by atoms with Gasteiger partial charge in [0.2, 0.25) is 0 Å². The predicted octanol–water partition coefficient (Wildman–Crippen LogP) is 2.30. The third-order valence-electron chi connectivity index (χ3n) is 4.98. The van der Waals surface area contributed by atoms with Crippen molar-refractivity contribution < 1.29 is 4.74 Å². The zero-order valence-corrected chi connectivity index (χ0v) is 13.0. The van der Waals surface area contributed by atoms with Gasteiger partial charge < -0.3 is 9.64 Å². The van der Waals surface area contributed by atoms with Crippen LogP contribution < -0.4 is 5.32 Å². The van der Waals surface area contributed by atoms with Crippen LogP contribution in [0.4, 0.5) is 0 Å². The van der Waals surface area contributed by atoms with Crippen LogP contribution in [0, 0.1) is 11.3 Å². The number of nitrogens with one attached hydrogen (secondary N) is 1. The Morgan fingerprint density at radius 2 is 2.10 bits per heavy atom. The molecule has 1 saturated carbocycles. The number of likely N-dealkylation sites (tertiary alicyclic amines) is 1. The lowest BCUT2D eigenvalue weighted by atomic mass is 9.78. The highest BCUT2D eigenvalue weighted by molar-refractivity contribution is 5.11. The van der Waals surface area contributed by atoms with Crippen LogP contribution in [-0.4, -0.2) is 49.3 Å². The van der Waals surface area contributed by atoms with Gasteiger partial charge in [-0.05, 0) is 51.5 Å². The molecule has 0 radical (unpaired) electrons. The van der Waals surface area contributed by atoms with E-state index in [-0.39, 0.29) is 5.54 Å². The Morgan fingerprint density at radius 3 is 2.70 bits per heavy atom. The van der Waals surface area contributed by atoms with Crippen molar-refractivity contribution in [2.75, 3.05) is 26.7 Å². The first-order valence-corrected chi connectivity index (χ1v) is 8.16. The molecule has 2 atom stereocenters. The fourth-order valence-electron chi connectivity index (χ4n) is 3.70. The van der Waals surface area contributed by atoms with Crippen LogP contribution in [0.1, 0.15) is 51.9 Å². The Balaban J connectivity index is 1.91. The third kappa shape index (κ3) is 3.72. The summed E-state index contributed by atoms with van der Waals surface area (Å²) in [6.45, 7) is 5.36. The average molecular weight is 279 g/mol. The van der Waals surface area contributed by atoms with Gasteiger partial charge in [0, 0.05) is 26.2 Å². The minimum atomic E-state index is -0.281. The smallest absolute Gasteiger partial charge is 0.108 e. The molecule has 1 aliphatic heterocycles. The van der Waals surface area contributed by atoms with Gasteiger partial charge in [0.1, 0.15) is 5.54 Å². The van der Waals surface area contributed by atoms with E-state index in [2.05, 4.69) is 23.2 Å². The molecule has 4 heteroatoms. The van der Waals surface area contributed by atoms with Crippen LogP contribution in [0.25, 0.3) is 0 Å². The number of hydrogen-bond acceptors (Lipinski definition) is 4. The minimum Gasteiger partial charge on any atom is -0.381 e. The Morgan fingerprint density at radius 1 is 1.35 bits per heavy atom. The molecule has 0 aromatic heterocycles. The van der Waals surface area contributed by atoms with Crippen LogP contribution >= 0.6 is 0 Å². The number of ether oxygens (including phenoxy) is 1. The molecule has 0 spiro atoms. The molecule has 1 aliphatic carbocycles. The number of piperidine rings is 1. The molecule has 1 saturated heterocycles. The monoisotopic (exact) mass is 279 g/mol. The van der Waals surface area contributed by atoms with Crippen molar-refractivity contribution >= 4 is 0 Å². The van der Waals surface area contributed by atoms with Crippen molar-refractivity contribution in [2.45, 2.75) is 69.6 Å². The van der Waals surface area contributed by atoms with Crippen LogP contribution in [0.15, 0.2) is 0 Å². The normalized spacial score (nSPS) is 33.0. The van der Waals surface area contributed by atoms with Crippen molar-refractivity contribution in [3.05, 3.63) is 0 Å². The zero-order chi connectivity index (χ0) is 14.4. The molecule has 1 N–H and O–H groups in total. The summed E-state index contributed by atoms with van der Waals surface area (Å²) in [6, 6.07) is 3.15. The summed E-state index contributed by atoms with van der Waals surface area (Å²) < 4.78 is 5.45. The highest BCUT2D eigenvalue weighted by atomic mass is 16.5. The quantitative estimate of drug-likeness (QED) is 0.839. The van der Waals surface area contributed by atoms with Crippen molar-refractivity contribution in [3.8, 4) is 6.07 Å². The van der Waals surface area contributed by atoms with Crippen LogP contribution in [0.5, 0.6) is 0 Å². The molecule has 114 valence electrons. The predicted molar refractivity (Wildman–Crippen MR) is 80.5 cm³/mol. The topological polar surface area (TPSA) is 48.3 Å². The van der Waals surface area contributed by atoms with Crippen molar-refractivity contribution in [2.24, 2.45) is 0 Å². The summed E-state index contributed by atoms with van der Waals surface area (Å²) in [7, 11) is 1.82. The number of nitriles is 1. The number of rotatable bonds is 5. The SMILES string of the molecule is CCCNC1(C#N)CCCC(N2CCC(OC)CC2)C1. The van der Waals surface area contributed by atoms with Crippen LogP contribution in [0.3, 0.4) is 0 Å². The maximum atomic E-state index is 9.61. The lowest BCUT2D eigenvalue weighted by Crippen LogP contribution is -2.54. The fraction of sp³-hybridized carbons (Fsp3) is 0.938. The summed E-state index contributed by atoms with van der Waals surface area (Å²) in [5.41, 5.74) is -0.281. The molecule has 2 rings (SSSR count). The van der Waals surface area contributed by atoms with E-state index in [1.165, 1.54) is 12.8 Å². The molecule has 1 heterocycles. The first-order chi connectivity index (χ1) is 9.73. The molecule has 20 heavy (non-hydrogen) atoms. The van der Waals surface area contributed by atoms with Gasteiger partial charge in [-0.1, -0.05) is 6.92 Å². The summed E-state index contributed by atoms with van der Waals surface area (Å²) in [4.78, 5) is 2.59. The van der Waals surface area contributed by atoms with E-state index >= 15 is 0 Å². The first kappa shape index (κ1) is 15.8. The average Bonchev–Trinajstić information content (AvgIpc) is 2.53. The maximum Gasteiger partial charge on any atom is 0.108 e. The van der Waals surface area contributed by atoms with Gasteiger partial charge in [-0.3, -0.25) is 5.32 Å². The van der Waals surface area contributed by atoms with E-state index in [0.717, 1.165) is 51.7 Å². The number of nitrogens with zero attached hydrogens (tertiary/aromatic N) is 2. The third-order valence-corrected chi connectivity index (χ3v) is 4.98. The first-order valence-electron chi connectivity index (χ1n) is 8.16. The summed E-state index contributed by atoms with van der Waals surface area (Å²) in [5.74, 6) is 0. The van der Waals surface area contributed by atoms with Gasteiger partial charge in [-0.25, -0.2) is 0 Å².